The van der Waals surface area contributed by atoms with E-state index in [2.05, 4.69) is 10.6 Å². The molecule has 0 rings (SSSR count). The van der Waals surface area contributed by atoms with Crippen LogP contribution < -0.4 is 10.6 Å². The highest BCUT2D eigenvalue weighted by Crippen LogP contribution is 1.85. The van der Waals surface area contributed by atoms with Gasteiger partial charge in [0, 0.05) is 20.0 Å². The molecule has 1 atom stereocenters. The molecule has 0 aromatic rings. The smallest absolute Gasteiger partial charge is 0.221 e. The van der Waals surface area contributed by atoms with Crippen molar-refractivity contribution in [2.75, 3.05) is 20.1 Å². The molecule has 3 N–H and O–H groups in total. The van der Waals surface area contributed by atoms with Crippen molar-refractivity contribution in [3.8, 4) is 0 Å². The lowest BCUT2D eigenvalue weighted by Crippen LogP contribution is -2.26. The van der Waals surface area contributed by atoms with Gasteiger partial charge in [-0.25, -0.2) is 0 Å². The summed E-state index contributed by atoms with van der Waals surface area (Å²) >= 11 is 0. The Morgan fingerprint density at radius 2 is 2.17 bits per heavy atom. The van der Waals surface area contributed by atoms with Gasteiger partial charge in [0.25, 0.3) is 0 Å². The standard InChI is InChI=1S/C8H18N2O2/c1-7(11)3-5-10-6-4-8(12)9-2/h7,10-11H,3-6H2,1-2H3,(H,9,12). The molecule has 0 aliphatic carbocycles. The molecule has 1 amide bonds. The van der Waals surface area contributed by atoms with Crippen LogP contribution in [-0.4, -0.2) is 37.3 Å². The van der Waals surface area contributed by atoms with E-state index in [9.17, 15) is 4.79 Å². The summed E-state index contributed by atoms with van der Waals surface area (Å²) in [7, 11) is 1.62. The van der Waals surface area contributed by atoms with Crippen LogP contribution in [0.15, 0.2) is 0 Å². The quantitative estimate of drug-likeness (QED) is 0.475. The maximum Gasteiger partial charge on any atom is 0.221 e. The Bertz CT molecular complexity index is 126. The minimum atomic E-state index is -0.266. The molecule has 4 nitrogen and oxygen atoms in total. The SMILES string of the molecule is CNC(=O)CCNCCC(C)O. The Balaban J connectivity index is 3.05. The van der Waals surface area contributed by atoms with Gasteiger partial charge in [-0.2, -0.15) is 0 Å². The Labute approximate surface area is 73.3 Å². The highest BCUT2D eigenvalue weighted by atomic mass is 16.3. The molecular weight excluding hydrogens is 156 g/mol. The second-order valence-corrected chi connectivity index (χ2v) is 2.81. The van der Waals surface area contributed by atoms with Crippen LogP contribution in [0.4, 0.5) is 0 Å². The van der Waals surface area contributed by atoms with Gasteiger partial charge in [-0.05, 0) is 19.9 Å². The first kappa shape index (κ1) is 11.4. The van der Waals surface area contributed by atoms with Crippen molar-refractivity contribution in [2.24, 2.45) is 0 Å². The van der Waals surface area contributed by atoms with Crippen molar-refractivity contribution < 1.29 is 9.90 Å². The fourth-order valence-corrected chi connectivity index (χ4v) is 0.763. The fourth-order valence-electron chi connectivity index (χ4n) is 0.763. The molecule has 0 saturated carbocycles. The van der Waals surface area contributed by atoms with Gasteiger partial charge < -0.3 is 15.7 Å². The number of carbonyl (C=O) groups is 1. The molecule has 0 heterocycles. The van der Waals surface area contributed by atoms with Gasteiger partial charge in [0.2, 0.25) is 5.91 Å². The first-order valence-electron chi connectivity index (χ1n) is 4.26. The van der Waals surface area contributed by atoms with Gasteiger partial charge in [-0.1, -0.05) is 0 Å². The largest absolute Gasteiger partial charge is 0.393 e. The van der Waals surface area contributed by atoms with Gasteiger partial charge in [-0.15, -0.1) is 0 Å². The molecule has 12 heavy (non-hydrogen) atoms. The molecule has 72 valence electrons. The van der Waals surface area contributed by atoms with E-state index in [0.717, 1.165) is 13.0 Å². The molecule has 0 aromatic heterocycles. The molecule has 1 unspecified atom stereocenters. The third kappa shape index (κ3) is 7.50. The summed E-state index contributed by atoms with van der Waals surface area (Å²) in [5, 5.41) is 14.5. The van der Waals surface area contributed by atoms with Gasteiger partial charge in [0.05, 0.1) is 6.10 Å². The molecule has 0 radical (unpaired) electrons. The summed E-state index contributed by atoms with van der Waals surface area (Å²) in [4.78, 5) is 10.7. The molecule has 0 aliphatic heterocycles. The lowest BCUT2D eigenvalue weighted by molar-refractivity contribution is -0.120. The summed E-state index contributed by atoms with van der Waals surface area (Å²) in [5.41, 5.74) is 0. The normalized spacial score (nSPS) is 12.6. The van der Waals surface area contributed by atoms with Gasteiger partial charge in [0.1, 0.15) is 0 Å². The minimum absolute atomic E-state index is 0.0412. The number of nitrogens with one attached hydrogen (secondary N) is 2. The minimum Gasteiger partial charge on any atom is -0.393 e. The number of hydrogen-bond donors (Lipinski definition) is 3. The molecule has 0 spiro atoms. The number of hydrogen-bond acceptors (Lipinski definition) is 3. The topological polar surface area (TPSA) is 61.4 Å². The summed E-state index contributed by atoms with van der Waals surface area (Å²) < 4.78 is 0. The van der Waals surface area contributed by atoms with Crippen LogP contribution in [0.5, 0.6) is 0 Å². The zero-order valence-corrected chi connectivity index (χ0v) is 7.76. The van der Waals surface area contributed by atoms with Crippen molar-refractivity contribution in [3.05, 3.63) is 0 Å². The molecular formula is C8H18N2O2. The van der Waals surface area contributed by atoms with E-state index in [1.807, 2.05) is 0 Å². The summed E-state index contributed by atoms with van der Waals surface area (Å²) in [6, 6.07) is 0. The van der Waals surface area contributed by atoms with Crippen LogP contribution in [0, 0.1) is 0 Å². The van der Waals surface area contributed by atoms with Crippen molar-refractivity contribution in [1.82, 2.24) is 10.6 Å². The average Bonchev–Trinajstić information content (AvgIpc) is 2.03. The summed E-state index contributed by atoms with van der Waals surface area (Å²) in [6.07, 6.45) is 0.960. The van der Waals surface area contributed by atoms with Gasteiger partial charge in [0.15, 0.2) is 0 Å². The van der Waals surface area contributed by atoms with Crippen molar-refractivity contribution in [2.45, 2.75) is 25.9 Å². The number of amides is 1. The Morgan fingerprint density at radius 1 is 1.50 bits per heavy atom. The van der Waals surface area contributed by atoms with Crippen molar-refractivity contribution in [1.29, 1.82) is 0 Å². The predicted molar refractivity (Wildman–Crippen MR) is 47.9 cm³/mol. The summed E-state index contributed by atoms with van der Waals surface area (Å²) in [5.74, 6) is 0.0412. The maximum atomic E-state index is 10.7. The van der Waals surface area contributed by atoms with Crippen molar-refractivity contribution >= 4 is 5.91 Å². The van der Waals surface area contributed by atoms with E-state index in [0.29, 0.717) is 13.0 Å². The molecule has 4 heteroatoms. The lowest BCUT2D eigenvalue weighted by atomic mass is 10.3. The van der Waals surface area contributed by atoms with Crippen LogP contribution in [0.3, 0.4) is 0 Å². The zero-order chi connectivity index (χ0) is 9.40. The number of aliphatic hydroxyl groups excluding tert-OH is 1. The number of carbonyl (C=O) groups excluding carboxylic acids is 1. The Morgan fingerprint density at radius 3 is 2.67 bits per heavy atom. The molecule has 0 saturated heterocycles. The van der Waals surface area contributed by atoms with Crippen molar-refractivity contribution in [3.63, 3.8) is 0 Å². The molecule has 0 aliphatic rings. The summed E-state index contributed by atoms with van der Waals surface area (Å²) in [6.45, 7) is 3.18. The van der Waals surface area contributed by atoms with Crippen LogP contribution in [0.25, 0.3) is 0 Å². The second kappa shape index (κ2) is 7.06. The number of aliphatic hydroxyl groups is 1. The third-order valence-electron chi connectivity index (χ3n) is 1.55. The average molecular weight is 174 g/mol. The van der Waals surface area contributed by atoms with E-state index in [-0.39, 0.29) is 12.0 Å². The molecule has 0 bridgehead atoms. The zero-order valence-electron chi connectivity index (χ0n) is 7.76. The van der Waals surface area contributed by atoms with Crippen LogP contribution in [0.2, 0.25) is 0 Å². The van der Waals surface area contributed by atoms with E-state index in [1.54, 1.807) is 14.0 Å². The molecule has 0 fully saturated rings. The van der Waals surface area contributed by atoms with Gasteiger partial charge in [-0.3, -0.25) is 4.79 Å². The Kier molecular flexibility index (Phi) is 6.70. The lowest BCUT2D eigenvalue weighted by Gasteiger charge is -2.05. The predicted octanol–water partition coefficient (Wildman–Crippen LogP) is -0.517. The van der Waals surface area contributed by atoms with E-state index >= 15 is 0 Å². The highest BCUT2D eigenvalue weighted by molar-refractivity contribution is 5.75. The first-order chi connectivity index (χ1) is 5.66. The third-order valence-corrected chi connectivity index (χ3v) is 1.55. The maximum absolute atomic E-state index is 10.7. The first-order valence-corrected chi connectivity index (χ1v) is 4.26. The van der Waals surface area contributed by atoms with Crippen LogP contribution in [0.1, 0.15) is 19.8 Å². The van der Waals surface area contributed by atoms with E-state index in [4.69, 9.17) is 5.11 Å². The van der Waals surface area contributed by atoms with Crippen LogP contribution in [-0.2, 0) is 4.79 Å². The highest BCUT2D eigenvalue weighted by Gasteiger charge is 1.97. The molecule has 0 aromatic carbocycles. The van der Waals surface area contributed by atoms with Crippen LogP contribution >= 0.6 is 0 Å². The number of rotatable bonds is 6. The second-order valence-electron chi connectivity index (χ2n) is 2.81. The fraction of sp³-hybridized carbons (Fsp3) is 0.875. The van der Waals surface area contributed by atoms with E-state index < -0.39 is 0 Å². The monoisotopic (exact) mass is 174 g/mol. The van der Waals surface area contributed by atoms with Gasteiger partial charge >= 0.3 is 0 Å². The Hall–Kier alpha value is -0.610. The van der Waals surface area contributed by atoms with E-state index in [1.165, 1.54) is 0 Å².